The van der Waals surface area contributed by atoms with Crippen molar-refractivity contribution in [3.05, 3.63) is 23.8 Å². The van der Waals surface area contributed by atoms with E-state index in [1.807, 2.05) is 0 Å². The van der Waals surface area contributed by atoms with Crippen molar-refractivity contribution in [1.29, 1.82) is 0 Å². The zero-order valence-corrected chi connectivity index (χ0v) is 11.6. The van der Waals surface area contributed by atoms with Crippen molar-refractivity contribution >= 4 is 5.97 Å². The Morgan fingerprint density at radius 2 is 2.29 bits per heavy atom. The second-order valence-corrected chi connectivity index (χ2v) is 5.62. The predicted octanol–water partition coefficient (Wildman–Crippen LogP) is 3.73. The predicted molar refractivity (Wildman–Crippen MR) is 70.6 cm³/mol. The molecule has 0 aromatic heterocycles. The first kappa shape index (κ1) is 14.0. The number of carbonyl (C=O) groups is 1. The summed E-state index contributed by atoms with van der Waals surface area (Å²) in [7, 11) is 0. The molecule has 0 bridgehead atoms. The van der Waals surface area contributed by atoms with E-state index < -0.39 is 0 Å². The average Bonchev–Trinajstić information content (AvgIpc) is 2.49. The maximum atomic E-state index is 10.7. The first-order valence-corrected chi connectivity index (χ1v) is 6.33. The normalized spacial score (nSPS) is 24.8. The van der Waals surface area contributed by atoms with Crippen LogP contribution in [0.15, 0.2) is 23.8 Å². The third kappa shape index (κ3) is 3.72. The van der Waals surface area contributed by atoms with Crippen molar-refractivity contribution in [3.8, 4) is 0 Å². The standard InChI is InChI=1S/C15H24O2/c1-11(10-17-13(3)16)6-8-14-9-7-12(2)15(14,4)5/h6-8,11,14H,9-10H2,1-5H3. The first-order valence-electron chi connectivity index (χ1n) is 6.33. The molecule has 96 valence electrons. The fourth-order valence-electron chi connectivity index (χ4n) is 2.10. The van der Waals surface area contributed by atoms with Crippen molar-refractivity contribution in [2.45, 2.75) is 41.0 Å². The van der Waals surface area contributed by atoms with E-state index in [1.54, 1.807) is 0 Å². The molecule has 0 heterocycles. The number of esters is 1. The number of hydrogen-bond acceptors (Lipinski definition) is 2. The minimum atomic E-state index is -0.205. The molecule has 0 aliphatic heterocycles. The van der Waals surface area contributed by atoms with Crippen LogP contribution in [-0.4, -0.2) is 12.6 Å². The summed E-state index contributed by atoms with van der Waals surface area (Å²) in [6, 6.07) is 0. The van der Waals surface area contributed by atoms with Crippen molar-refractivity contribution < 1.29 is 9.53 Å². The van der Waals surface area contributed by atoms with Crippen molar-refractivity contribution in [3.63, 3.8) is 0 Å². The van der Waals surface area contributed by atoms with Crippen LogP contribution in [0.25, 0.3) is 0 Å². The zero-order chi connectivity index (χ0) is 13.1. The van der Waals surface area contributed by atoms with Gasteiger partial charge in [-0.25, -0.2) is 0 Å². The van der Waals surface area contributed by atoms with Crippen LogP contribution in [0.1, 0.15) is 41.0 Å². The van der Waals surface area contributed by atoms with E-state index in [1.165, 1.54) is 12.5 Å². The molecule has 2 heteroatoms. The molecule has 2 nitrogen and oxygen atoms in total. The molecule has 0 saturated heterocycles. The summed E-state index contributed by atoms with van der Waals surface area (Å²) in [5.41, 5.74) is 1.73. The number of rotatable bonds is 4. The van der Waals surface area contributed by atoms with Gasteiger partial charge in [-0.1, -0.05) is 44.6 Å². The molecule has 0 fully saturated rings. The topological polar surface area (TPSA) is 26.3 Å². The smallest absolute Gasteiger partial charge is 0.302 e. The molecule has 0 radical (unpaired) electrons. The molecule has 0 aromatic rings. The molecule has 17 heavy (non-hydrogen) atoms. The van der Waals surface area contributed by atoms with Crippen LogP contribution in [0, 0.1) is 17.3 Å². The molecule has 2 unspecified atom stereocenters. The highest BCUT2D eigenvalue weighted by molar-refractivity contribution is 5.65. The highest BCUT2D eigenvalue weighted by atomic mass is 16.5. The van der Waals surface area contributed by atoms with Crippen LogP contribution in [0.5, 0.6) is 0 Å². The second kappa shape index (κ2) is 5.52. The van der Waals surface area contributed by atoms with Crippen LogP contribution in [0.3, 0.4) is 0 Å². The zero-order valence-electron chi connectivity index (χ0n) is 11.6. The Morgan fingerprint density at radius 3 is 2.76 bits per heavy atom. The summed E-state index contributed by atoms with van der Waals surface area (Å²) in [4.78, 5) is 10.7. The Bertz CT molecular complexity index is 337. The minimum Gasteiger partial charge on any atom is -0.465 e. The number of ether oxygens (including phenoxy) is 1. The third-order valence-corrected chi connectivity index (χ3v) is 3.84. The van der Waals surface area contributed by atoms with Gasteiger partial charge in [-0.3, -0.25) is 4.79 Å². The lowest BCUT2D eigenvalue weighted by atomic mass is 9.77. The van der Waals surface area contributed by atoms with Gasteiger partial charge in [0.2, 0.25) is 0 Å². The van der Waals surface area contributed by atoms with Gasteiger partial charge >= 0.3 is 5.97 Å². The Kier molecular flexibility index (Phi) is 4.55. The van der Waals surface area contributed by atoms with Gasteiger partial charge in [-0.15, -0.1) is 0 Å². The van der Waals surface area contributed by atoms with Crippen LogP contribution >= 0.6 is 0 Å². The summed E-state index contributed by atoms with van der Waals surface area (Å²) >= 11 is 0. The lowest BCUT2D eigenvalue weighted by Gasteiger charge is -2.27. The van der Waals surface area contributed by atoms with Gasteiger partial charge in [0.05, 0.1) is 6.61 Å². The molecule has 0 aromatic carbocycles. The van der Waals surface area contributed by atoms with E-state index >= 15 is 0 Å². The summed E-state index contributed by atoms with van der Waals surface area (Å²) < 4.78 is 4.99. The lowest BCUT2D eigenvalue weighted by Crippen LogP contribution is -2.18. The fourth-order valence-corrected chi connectivity index (χ4v) is 2.10. The van der Waals surface area contributed by atoms with E-state index in [0.717, 1.165) is 6.42 Å². The Morgan fingerprint density at radius 1 is 1.65 bits per heavy atom. The largest absolute Gasteiger partial charge is 0.465 e. The molecule has 0 spiro atoms. The van der Waals surface area contributed by atoms with E-state index in [4.69, 9.17) is 4.74 Å². The van der Waals surface area contributed by atoms with E-state index in [2.05, 4.69) is 45.9 Å². The highest BCUT2D eigenvalue weighted by Crippen LogP contribution is 2.43. The molecule has 0 N–H and O–H groups in total. The fraction of sp³-hybridized carbons (Fsp3) is 0.667. The number of carbonyl (C=O) groups excluding carboxylic acids is 1. The summed E-state index contributed by atoms with van der Waals surface area (Å²) in [6.07, 6.45) is 7.89. The minimum absolute atomic E-state index is 0.205. The Labute approximate surface area is 105 Å². The van der Waals surface area contributed by atoms with Gasteiger partial charge in [-0.2, -0.15) is 0 Å². The molecule has 1 rings (SSSR count). The molecular weight excluding hydrogens is 212 g/mol. The van der Waals surface area contributed by atoms with Crippen molar-refractivity contribution in [1.82, 2.24) is 0 Å². The maximum absolute atomic E-state index is 10.7. The molecule has 0 amide bonds. The highest BCUT2D eigenvalue weighted by Gasteiger charge is 2.32. The second-order valence-electron chi connectivity index (χ2n) is 5.62. The van der Waals surface area contributed by atoms with Gasteiger partial charge < -0.3 is 4.74 Å². The average molecular weight is 236 g/mol. The molecule has 1 aliphatic rings. The van der Waals surface area contributed by atoms with Gasteiger partial charge in [0.1, 0.15) is 0 Å². The van der Waals surface area contributed by atoms with Gasteiger partial charge in [0.25, 0.3) is 0 Å². The van der Waals surface area contributed by atoms with E-state index in [9.17, 15) is 4.79 Å². The maximum Gasteiger partial charge on any atom is 0.302 e. The van der Waals surface area contributed by atoms with E-state index in [0.29, 0.717) is 12.5 Å². The SMILES string of the molecule is CC(=O)OCC(C)C=CC1CC=C(C)C1(C)C. The lowest BCUT2D eigenvalue weighted by molar-refractivity contribution is -0.141. The first-order chi connectivity index (χ1) is 7.84. The monoisotopic (exact) mass is 236 g/mol. The van der Waals surface area contributed by atoms with Crippen molar-refractivity contribution in [2.75, 3.05) is 6.61 Å². The molecule has 1 aliphatic carbocycles. The van der Waals surface area contributed by atoms with E-state index in [-0.39, 0.29) is 17.3 Å². The molecule has 2 atom stereocenters. The van der Waals surface area contributed by atoms with Crippen LogP contribution in [0.2, 0.25) is 0 Å². The molecule has 0 saturated carbocycles. The van der Waals surface area contributed by atoms with Crippen LogP contribution in [0.4, 0.5) is 0 Å². The number of hydrogen-bond donors (Lipinski definition) is 0. The molecular formula is C15H24O2. The van der Waals surface area contributed by atoms with Crippen LogP contribution in [-0.2, 0) is 9.53 Å². The van der Waals surface area contributed by atoms with Crippen LogP contribution < -0.4 is 0 Å². The Hall–Kier alpha value is -1.05. The Balaban J connectivity index is 2.47. The summed E-state index contributed by atoms with van der Waals surface area (Å²) in [6.45, 7) is 10.8. The summed E-state index contributed by atoms with van der Waals surface area (Å²) in [5, 5.41) is 0. The van der Waals surface area contributed by atoms with Crippen molar-refractivity contribution in [2.24, 2.45) is 17.3 Å². The summed E-state index contributed by atoms with van der Waals surface area (Å²) in [5.74, 6) is 0.654. The quantitative estimate of drug-likeness (QED) is 0.549. The van der Waals surface area contributed by atoms with Gasteiger partial charge in [-0.05, 0) is 24.7 Å². The van der Waals surface area contributed by atoms with Gasteiger partial charge in [0.15, 0.2) is 0 Å². The third-order valence-electron chi connectivity index (χ3n) is 3.84. The number of allylic oxidation sites excluding steroid dienone is 3. The van der Waals surface area contributed by atoms with Gasteiger partial charge in [0, 0.05) is 12.8 Å².